The van der Waals surface area contributed by atoms with E-state index in [-0.39, 0.29) is 29.8 Å². The van der Waals surface area contributed by atoms with Gasteiger partial charge < -0.3 is 20.3 Å². The summed E-state index contributed by atoms with van der Waals surface area (Å²) in [5.41, 5.74) is 1.93. The molecule has 2 amide bonds. The Morgan fingerprint density at radius 1 is 1.14 bits per heavy atom. The fourth-order valence-electron chi connectivity index (χ4n) is 5.36. The number of thiazole rings is 1. The van der Waals surface area contributed by atoms with Gasteiger partial charge in [0.25, 0.3) is 0 Å². The average molecular weight is 541 g/mol. The number of aromatic nitrogens is 1. The Hall–Kier alpha value is -2.52. The van der Waals surface area contributed by atoms with Crippen LogP contribution in [-0.4, -0.2) is 60.6 Å². The van der Waals surface area contributed by atoms with E-state index in [1.165, 1.54) is 0 Å². The molecule has 7 nitrogen and oxygen atoms in total. The van der Waals surface area contributed by atoms with Crippen LogP contribution in [0.25, 0.3) is 22.0 Å². The van der Waals surface area contributed by atoms with Crippen molar-refractivity contribution in [3.8, 4) is 11.3 Å². The lowest BCUT2D eigenvalue weighted by molar-refractivity contribution is -0.140. The number of hydrogen-bond acceptors (Lipinski definition) is 6. The molecular formula is C28H33ClN4O3S. The molecule has 3 atom stereocenters. The zero-order chi connectivity index (χ0) is 25.9. The van der Waals surface area contributed by atoms with Crippen LogP contribution in [0.5, 0.6) is 0 Å². The molecule has 9 heteroatoms. The van der Waals surface area contributed by atoms with Crippen LogP contribution in [-0.2, 0) is 14.3 Å². The van der Waals surface area contributed by atoms with Crippen molar-refractivity contribution in [1.29, 1.82) is 0 Å². The lowest BCUT2D eigenvalue weighted by Gasteiger charge is -2.35. The number of ether oxygens (including phenoxy) is 1. The number of fused-ring (bicyclic) bond motifs is 1. The number of likely N-dealkylation sites (N-methyl/N-ethyl adjacent to an activating group) is 1. The minimum atomic E-state index is -0.563. The van der Waals surface area contributed by atoms with Crippen molar-refractivity contribution >= 4 is 45.5 Å². The van der Waals surface area contributed by atoms with E-state index < -0.39 is 6.04 Å². The molecule has 5 rings (SSSR count). The van der Waals surface area contributed by atoms with Gasteiger partial charge in [-0.25, -0.2) is 4.98 Å². The van der Waals surface area contributed by atoms with Crippen molar-refractivity contribution in [2.45, 2.75) is 50.7 Å². The fourth-order valence-corrected chi connectivity index (χ4v) is 6.55. The number of rotatable bonds is 7. The van der Waals surface area contributed by atoms with Crippen LogP contribution in [0, 0.1) is 5.92 Å². The van der Waals surface area contributed by atoms with E-state index in [9.17, 15) is 9.59 Å². The number of carbonyl (C=O) groups is 2. The Kier molecular flexibility index (Phi) is 8.09. The van der Waals surface area contributed by atoms with Crippen molar-refractivity contribution < 1.29 is 14.3 Å². The lowest BCUT2D eigenvalue weighted by atomic mass is 9.90. The molecule has 0 radical (unpaired) electrons. The molecule has 196 valence electrons. The minimum absolute atomic E-state index is 0.0141. The molecule has 0 bridgehead atoms. The zero-order valence-corrected chi connectivity index (χ0v) is 22.8. The molecule has 37 heavy (non-hydrogen) atoms. The van der Waals surface area contributed by atoms with Crippen molar-refractivity contribution in [2.75, 3.05) is 26.8 Å². The van der Waals surface area contributed by atoms with Crippen LogP contribution in [0.15, 0.2) is 41.8 Å². The number of hydrogen-bond donors (Lipinski definition) is 2. The summed E-state index contributed by atoms with van der Waals surface area (Å²) in [5, 5.41) is 11.8. The first-order valence-electron chi connectivity index (χ1n) is 13.0. The van der Waals surface area contributed by atoms with Gasteiger partial charge in [-0.15, -0.1) is 11.3 Å². The third-order valence-corrected chi connectivity index (χ3v) is 8.89. The summed E-state index contributed by atoms with van der Waals surface area (Å²) in [4.78, 5) is 33.7. The van der Waals surface area contributed by atoms with Gasteiger partial charge in [0.05, 0.1) is 17.8 Å². The maximum Gasteiger partial charge on any atom is 0.246 e. The lowest BCUT2D eigenvalue weighted by Crippen LogP contribution is -2.56. The van der Waals surface area contributed by atoms with Crippen molar-refractivity contribution in [2.24, 2.45) is 5.92 Å². The highest BCUT2D eigenvalue weighted by Gasteiger charge is 2.40. The maximum atomic E-state index is 14.0. The first kappa shape index (κ1) is 26.1. The topological polar surface area (TPSA) is 83.6 Å². The molecular weight excluding hydrogens is 508 g/mol. The molecule has 3 heterocycles. The number of amides is 2. The molecule has 2 aliphatic heterocycles. The Morgan fingerprint density at radius 2 is 1.89 bits per heavy atom. The second-order valence-corrected chi connectivity index (χ2v) is 11.1. The number of nitrogens with one attached hydrogen (secondary N) is 2. The van der Waals surface area contributed by atoms with E-state index >= 15 is 0 Å². The molecule has 2 fully saturated rings. The van der Waals surface area contributed by atoms with E-state index in [0.29, 0.717) is 19.8 Å². The summed E-state index contributed by atoms with van der Waals surface area (Å²) in [6.07, 6.45) is 3.29. The van der Waals surface area contributed by atoms with Gasteiger partial charge in [-0.1, -0.05) is 41.9 Å². The van der Waals surface area contributed by atoms with Crippen LogP contribution in [0.2, 0.25) is 5.02 Å². The largest absolute Gasteiger partial charge is 0.381 e. The van der Waals surface area contributed by atoms with Gasteiger partial charge in [0.1, 0.15) is 11.0 Å². The molecule has 2 N–H and O–H groups in total. The molecule has 0 unspecified atom stereocenters. The number of benzene rings is 2. The summed E-state index contributed by atoms with van der Waals surface area (Å²) in [7, 11) is 1.75. The first-order valence-corrected chi connectivity index (χ1v) is 14.2. The Bertz CT molecular complexity index is 1280. The molecule has 0 aliphatic carbocycles. The van der Waals surface area contributed by atoms with Crippen LogP contribution in [0.4, 0.5) is 0 Å². The molecule has 2 aromatic carbocycles. The molecule has 2 aliphatic rings. The van der Waals surface area contributed by atoms with E-state index in [1.54, 1.807) is 25.3 Å². The predicted molar refractivity (Wildman–Crippen MR) is 148 cm³/mol. The molecule has 0 spiro atoms. The highest BCUT2D eigenvalue weighted by molar-refractivity contribution is 7.10. The van der Waals surface area contributed by atoms with E-state index in [0.717, 1.165) is 57.7 Å². The minimum Gasteiger partial charge on any atom is -0.381 e. The number of likely N-dealkylation sites (tertiary alicyclic amines) is 1. The third kappa shape index (κ3) is 5.39. The van der Waals surface area contributed by atoms with Gasteiger partial charge in [0.2, 0.25) is 11.8 Å². The number of halogens is 1. The summed E-state index contributed by atoms with van der Waals surface area (Å²) in [5.74, 6) is -0.114. The smallest absolute Gasteiger partial charge is 0.246 e. The van der Waals surface area contributed by atoms with Gasteiger partial charge in [0.15, 0.2) is 0 Å². The molecule has 1 aromatic heterocycles. The second kappa shape index (κ2) is 11.5. The standard InChI is InChI=1S/C28H33ClN4O3S/c1-17(30-2)26(34)32-25(18-11-14-36-15-12-18)28(35)33-13-5-8-24(33)27-31-23(16-37-27)21-9-10-22(29)20-7-4-3-6-19(20)21/h3-4,6-7,9-10,16-18,24-25,30H,5,8,11-15H2,1-2H3,(H,32,34)/t17-,24-,25-/m0/s1. The highest BCUT2D eigenvalue weighted by atomic mass is 35.5. The highest BCUT2D eigenvalue weighted by Crippen LogP contribution is 2.39. The maximum absolute atomic E-state index is 14.0. The third-order valence-electron chi connectivity index (χ3n) is 7.62. The summed E-state index contributed by atoms with van der Waals surface area (Å²) in [6, 6.07) is 11.0. The summed E-state index contributed by atoms with van der Waals surface area (Å²) in [6.45, 7) is 3.69. The van der Waals surface area contributed by atoms with E-state index in [4.69, 9.17) is 21.3 Å². The van der Waals surface area contributed by atoms with Gasteiger partial charge in [0, 0.05) is 41.1 Å². The SMILES string of the molecule is CN[C@@H](C)C(=O)N[C@H](C(=O)N1CCC[C@H]1c1nc(-c2ccc(Cl)c3ccccc23)cs1)C1CCOCC1. The van der Waals surface area contributed by atoms with Crippen LogP contribution in [0.1, 0.15) is 43.7 Å². The molecule has 2 saturated heterocycles. The van der Waals surface area contributed by atoms with Gasteiger partial charge >= 0.3 is 0 Å². The van der Waals surface area contributed by atoms with Gasteiger partial charge in [-0.05, 0) is 57.0 Å². The summed E-state index contributed by atoms with van der Waals surface area (Å²) >= 11 is 8.02. The Morgan fingerprint density at radius 3 is 2.65 bits per heavy atom. The Labute approximate surface area is 226 Å². The number of nitrogens with zero attached hydrogens (tertiary/aromatic N) is 2. The average Bonchev–Trinajstić information content (AvgIpc) is 3.62. The zero-order valence-electron chi connectivity index (χ0n) is 21.2. The van der Waals surface area contributed by atoms with Crippen molar-refractivity contribution in [1.82, 2.24) is 20.5 Å². The van der Waals surface area contributed by atoms with Crippen molar-refractivity contribution in [3.05, 3.63) is 51.8 Å². The van der Waals surface area contributed by atoms with Gasteiger partial charge in [-0.2, -0.15) is 0 Å². The Balaban J connectivity index is 1.41. The summed E-state index contributed by atoms with van der Waals surface area (Å²) < 4.78 is 5.54. The molecule has 0 saturated carbocycles. The van der Waals surface area contributed by atoms with Crippen LogP contribution < -0.4 is 10.6 Å². The number of carbonyl (C=O) groups excluding carboxylic acids is 2. The van der Waals surface area contributed by atoms with E-state index in [2.05, 4.69) is 22.1 Å². The van der Waals surface area contributed by atoms with Crippen molar-refractivity contribution in [3.63, 3.8) is 0 Å². The monoisotopic (exact) mass is 540 g/mol. The van der Waals surface area contributed by atoms with E-state index in [1.807, 2.05) is 35.2 Å². The molecule has 3 aromatic rings. The normalized spacial score (nSPS) is 20.2. The van der Waals surface area contributed by atoms with Crippen LogP contribution in [0.3, 0.4) is 0 Å². The fraction of sp³-hybridized carbons (Fsp3) is 0.464. The first-order chi connectivity index (χ1) is 18.0. The second-order valence-electron chi connectivity index (χ2n) is 9.85. The quantitative estimate of drug-likeness (QED) is 0.450. The van der Waals surface area contributed by atoms with Crippen LogP contribution >= 0.6 is 22.9 Å². The van der Waals surface area contributed by atoms with Gasteiger partial charge in [-0.3, -0.25) is 9.59 Å². The predicted octanol–water partition coefficient (Wildman–Crippen LogP) is 4.80.